The van der Waals surface area contributed by atoms with Gasteiger partial charge in [0, 0.05) is 26.3 Å². The maximum atomic E-state index is 5.10. The molecule has 74 valence electrons. The summed E-state index contributed by atoms with van der Waals surface area (Å²) < 4.78 is 10.2. The maximum Gasteiger partial charge on any atom is 0.169 e. The first-order chi connectivity index (χ1) is 5.41. The van der Waals surface area contributed by atoms with Crippen LogP contribution in [-0.2, 0) is 9.47 Å². The van der Waals surface area contributed by atoms with E-state index in [2.05, 4.69) is 32.7 Å². The molecule has 0 rings (SSSR count). The quantitative estimate of drug-likeness (QED) is 0.602. The number of likely N-dealkylation sites (N-methyl/N-ethyl adjacent to an activating group) is 1. The molecule has 0 spiro atoms. The monoisotopic (exact) mass is 175 g/mol. The van der Waals surface area contributed by atoms with Gasteiger partial charge in [-0.25, -0.2) is 0 Å². The lowest BCUT2D eigenvalue weighted by Crippen LogP contribution is -2.43. The molecule has 0 aromatic carbocycles. The van der Waals surface area contributed by atoms with Crippen LogP contribution in [0.3, 0.4) is 0 Å². The lowest BCUT2D eigenvalue weighted by atomic mass is 10.1. The third kappa shape index (κ3) is 4.04. The van der Waals surface area contributed by atoms with Crippen molar-refractivity contribution in [1.82, 2.24) is 4.90 Å². The SMILES string of the molecule is COC(CN(C)C(C)(C)C)OC. The van der Waals surface area contributed by atoms with Crippen LogP contribution in [0.4, 0.5) is 0 Å². The molecule has 0 saturated heterocycles. The van der Waals surface area contributed by atoms with Crippen LogP contribution in [-0.4, -0.2) is 44.5 Å². The van der Waals surface area contributed by atoms with Crippen molar-refractivity contribution in [3.05, 3.63) is 0 Å². The number of nitrogens with zero attached hydrogens (tertiary/aromatic N) is 1. The molecule has 12 heavy (non-hydrogen) atoms. The Kier molecular flexibility index (Phi) is 4.75. The van der Waals surface area contributed by atoms with Gasteiger partial charge in [0.15, 0.2) is 6.29 Å². The average molecular weight is 175 g/mol. The summed E-state index contributed by atoms with van der Waals surface area (Å²) in [5, 5.41) is 0. The fraction of sp³-hybridized carbons (Fsp3) is 1.00. The van der Waals surface area contributed by atoms with Gasteiger partial charge < -0.3 is 9.47 Å². The van der Waals surface area contributed by atoms with E-state index in [9.17, 15) is 0 Å². The van der Waals surface area contributed by atoms with Crippen molar-refractivity contribution in [1.29, 1.82) is 0 Å². The van der Waals surface area contributed by atoms with Crippen LogP contribution in [0.15, 0.2) is 0 Å². The molecule has 0 heterocycles. The molecule has 0 N–H and O–H groups in total. The van der Waals surface area contributed by atoms with Gasteiger partial charge in [-0.05, 0) is 27.8 Å². The van der Waals surface area contributed by atoms with E-state index in [1.165, 1.54) is 0 Å². The smallest absolute Gasteiger partial charge is 0.169 e. The normalized spacial score (nSPS) is 13.0. The van der Waals surface area contributed by atoms with Crippen molar-refractivity contribution in [2.75, 3.05) is 27.8 Å². The molecule has 0 atom stereocenters. The Hall–Kier alpha value is -0.120. The second kappa shape index (κ2) is 4.80. The summed E-state index contributed by atoms with van der Waals surface area (Å²) in [6.45, 7) is 7.27. The van der Waals surface area contributed by atoms with Gasteiger partial charge in [-0.15, -0.1) is 0 Å². The largest absolute Gasteiger partial charge is 0.355 e. The Morgan fingerprint density at radius 1 is 1.17 bits per heavy atom. The van der Waals surface area contributed by atoms with Gasteiger partial charge in [0.2, 0.25) is 0 Å². The molecule has 0 bridgehead atoms. The zero-order valence-corrected chi connectivity index (χ0v) is 9.05. The molecular formula is C9H21NO2. The van der Waals surface area contributed by atoms with Crippen LogP contribution < -0.4 is 0 Å². The fourth-order valence-electron chi connectivity index (χ4n) is 0.743. The van der Waals surface area contributed by atoms with Crippen molar-refractivity contribution in [3.63, 3.8) is 0 Å². The predicted octanol–water partition coefficient (Wildman–Crippen LogP) is 1.34. The van der Waals surface area contributed by atoms with E-state index in [0.717, 1.165) is 6.54 Å². The zero-order chi connectivity index (χ0) is 9.78. The molecule has 0 unspecified atom stereocenters. The van der Waals surface area contributed by atoms with Gasteiger partial charge in [-0.3, -0.25) is 4.90 Å². The highest BCUT2D eigenvalue weighted by Crippen LogP contribution is 2.11. The minimum atomic E-state index is -0.130. The average Bonchev–Trinajstić information content (AvgIpc) is 1.97. The molecule has 0 saturated carbocycles. The molecule has 3 heteroatoms. The molecule has 0 aromatic rings. The molecule has 0 fully saturated rings. The molecule has 0 aliphatic heterocycles. The first-order valence-corrected chi connectivity index (χ1v) is 4.18. The highest BCUT2D eigenvalue weighted by Gasteiger charge is 2.20. The summed E-state index contributed by atoms with van der Waals surface area (Å²) >= 11 is 0. The maximum absolute atomic E-state index is 5.10. The lowest BCUT2D eigenvalue weighted by Gasteiger charge is -2.33. The van der Waals surface area contributed by atoms with Crippen LogP contribution in [0, 0.1) is 0 Å². The fourth-order valence-corrected chi connectivity index (χ4v) is 0.743. The van der Waals surface area contributed by atoms with Gasteiger partial charge in [-0.1, -0.05) is 0 Å². The zero-order valence-electron chi connectivity index (χ0n) is 9.05. The number of rotatable bonds is 4. The van der Waals surface area contributed by atoms with Crippen molar-refractivity contribution in [3.8, 4) is 0 Å². The Labute approximate surface area is 75.6 Å². The molecule has 0 radical (unpaired) electrons. The van der Waals surface area contributed by atoms with E-state index in [4.69, 9.17) is 9.47 Å². The molecule has 3 nitrogen and oxygen atoms in total. The number of hydrogen-bond donors (Lipinski definition) is 0. The summed E-state index contributed by atoms with van der Waals surface area (Å²) in [5.74, 6) is 0. The second-order valence-electron chi connectivity index (χ2n) is 3.95. The number of methoxy groups -OCH3 is 2. The van der Waals surface area contributed by atoms with Crippen molar-refractivity contribution in [2.24, 2.45) is 0 Å². The Balaban J connectivity index is 3.90. The molecular weight excluding hydrogens is 154 g/mol. The summed E-state index contributed by atoms with van der Waals surface area (Å²) in [7, 11) is 5.38. The standard InChI is InChI=1S/C9H21NO2/c1-9(2,3)10(4)7-8(11-5)12-6/h8H,7H2,1-6H3. The third-order valence-electron chi connectivity index (χ3n) is 2.09. The highest BCUT2D eigenvalue weighted by molar-refractivity contribution is 4.73. The second-order valence-corrected chi connectivity index (χ2v) is 3.95. The van der Waals surface area contributed by atoms with E-state index in [0.29, 0.717) is 0 Å². The van der Waals surface area contributed by atoms with E-state index in [1.54, 1.807) is 14.2 Å². The van der Waals surface area contributed by atoms with Crippen LogP contribution >= 0.6 is 0 Å². The van der Waals surface area contributed by atoms with Crippen LogP contribution in [0.1, 0.15) is 20.8 Å². The van der Waals surface area contributed by atoms with Gasteiger partial charge in [0.05, 0.1) is 0 Å². The van der Waals surface area contributed by atoms with Gasteiger partial charge in [0.25, 0.3) is 0 Å². The van der Waals surface area contributed by atoms with Crippen molar-refractivity contribution in [2.45, 2.75) is 32.6 Å². The summed E-state index contributed by atoms with van der Waals surface area (Å²) in [6.07, 6.45) is -0.130. The highest BCUT2D eigenvalue weighted by atomic mass is 16.7. The van der Waals surface area contributed by atoms with E-state index >= 15 is 0 Å². The van der Waals surface area contributed by atoms with E-state index in [-0.39, 0.29) is 11.8 Å². The molecule has 0 aliphatic carbocycles. The topological polar surface area (TPSA) is 21.7 Å². The summed E-state index contributed by atoms with van der Waals surface area (Å²) in [4.78, 5) is 2.20. The minimum Gasteiger partial charge on any atom is -0.355 e. The van der Waals surface area contributed by atoms with Gasteiger partial charge in [0.1, 0.15) is 0 Å². The summed E-state index contributed by atoms with van der Waals surface area (Å²) in [5.41, 5.74) is 0.162. The van der Waals surface area contributed by atoms with E-state index < -0.39 is 0 Å². The Bertz CT molecular complexity index is 116. The first-order valence-electron chi connectivity index (χ1n) is 4.18. The first kappa shape index (κ1) is 11.9. The van der Waals surface area contributed by atoms with Crippen LogP contribution in [0.5, 0.6) is 0 Å². The Morgan fingerprint density at radius 3 is 1.83 bits per heavy atom. The number of hydrogen-bond acceptors (Lipinski definition) is 3. The summed E-state index contributed by atoms with van der Waals surface area (Å²) in [6, 6.07) is 0. The van der Waals surface area contributed by atoms with Gasteiger partial charge in [-0.2, -0.15) is 0 Å². The molecule has 0 aromatic heterocycles. The van der Waals surface area contributed by atoms with Crippen LogP contribution in [0.2, 0.25) is 0 Å². The van der Waals surface area contributed by atoms with Crippen molar-refractivity contribution < 1.29 is 9.47 Å². The molecule has 0 aliphatic rings. The van der Waals surface area contributed by atoms with Crippen molar-refractivity contribution >= 4 is 0 Å². The van der Waals surface area contributed by atoms with Crippen LogP contribution in [0.25, 0.3) is 0 Å². The Morgan fingerprint density at radius 2 is 1.58 bits per heavy atom. The third-order valence-corrected chi connectivity index (χ3v) is 2.09. The lowest BCUT2D eigenvalue weighted by molar-refractivity contribution is -0.121. The number of ether oxygens (including phenoxy) is 2. The van der Waals surface area contributed by atoms with E-state index in [1.807, 2.05) is 0 Å². The molecule has 0 amide bonds. The van der Waals surface area contributed by atoms with Gasteiger partial charge >= 0.3 is 0 Å². The predicted molar refractivity (Wildman–Crippen MR) is 50.2 cm³/mol. The minimum absolute atomic E-state index is 0.130.